The van der Waals surface area contributed by atoms with E-state index < -0.39 is 5.82 Å². The predicted molar refractivity (Wildman–Crippen MR) is 79.3 cm³/mol. The van der Waals surface area contributed by atoms with Crippen LogP contribution in [0.4, 0.5) is 8.78 Å². The van der Waals surface area contributed by atoms with Crippen molar-refractivity contribution in [2.75, 3.05) is 13.1 Å². The van der Waals surface area contributed by atoms with Gasteiger partial charge in [-0.25, -0.2) is 8.78 Å². The van der Waals surface area contributed by atoms with E-state index in [4.69, 9.17) is 0 Å². The van der Waals surface area contributed by atoms with E-state index in [2.05, 4.69) is 42.0 Å². The molecule has 0 amide bonds. The van der Waals surface area contributed by atoms with Gasteiger partial charge in [0.1, 0.15) is 11.6 Å². The first-order valence-corrected chi connectivity index (χ1v) is 7.49. The first kappa shape index (κ1) is 16.6. The van der Waals surface area contributed by atoms with Crippen LogP contribution in [0.3, 0.4) is 0 Å². The summed E-state index contributed by atoms with van der Waals surface area (Å²) in [5, 5.41) is 3.29. The molecule has 0 atom stereocenters. The van der Waals surface area contributed by atoms with E-state index in [0.717, 1.165) is 25.9 Å². The van der Waals surface area contributed by atoms with Crippen LogP contribution in [-0.2, 0) is 6.42 Å². The molecule has 0 saturated heterocycles. The van der Waals surface area contributed by atoms with Crippen LogP contribution in [0.5, 0.6) is 0 Å². The Morgan fingerprint density at radius 1 is 1.16 bits per heavy atom. The second-order valence-electron chi connectivity index (χ2n) is 5.63. The van der Waals surface area contributed by atoms with Crippen LogP contribution in [0.2, 0.25) is 0 Å². The van der Waals surface area contributed by atoms with Crippen molar-refractivity contribution in [2.24, 2.45) is 5.41 Å². The van der Waals surface area contributed by atoms with Gasteiger partial charge >= 0.3 is 0 Å². The van der Waals surface area contributed by atoms with Gasteiger partial charge < -0.3 is 5.32 Å². The van der Waals surface area contributed by atoms with Gasteiger partial charge in [0.25, 0.3) is 0 Å². The highest BCUT2D eigenvalue weighted by molar-refractivity contribution is 9.10. The van der Waals surface area contributed by atoms with Crippen LogP contribution in [0.1, 0.15) is 39.2 Å². The Balaban J connectivity index is 2.58. The van der Waals surface area contributed by atoms with E-state index in [-0.39, 0.29) is 15.7 Å². The summed E-state index contributed by atoms with van der Waals surface area (Å²) in [5.41, 5.74) is 0.579. The largest absolute Gasteiger partial charge is 0.317 e. The van der Waals surface area contributed by atoms with E-state index in [1.54, 1.807) is 0 Å². The third kappa shape index (κ3) is 5.57. The smallest absolute Gasteiger partial charge is 0.137 e. The van der Waals surface area contributed by atoms with Crippen molar-refractivity contribution in [3.8, 4) is 0 Å². The highest BCUT2D eigenvalue weighted by atomic mass is 79.9. The third-order valence-electron chi connectivity index (χ3n) is 3.39. The molecular formula is C15H22BrF2N. The number of nitrogens with one attached hydrogen (secondary N) is 1. The molecule has 0 heterocycles. The Kier molecular flexibility index (Phi) is 6.40. The minimum absolute atomic E-state index is 0.123. The number of halogens is 3. The number of hydrogen-bond acceptors (Lipinski definition) is 1. The zero-order valence-electron chi connectivity index (χ0n) is 11.8. The van der Waals surface area contributed by atoms with Gasteiger partial charge in [-0.15, -0.1) is 0 Å². The molecule has 0 aliphatic carbocycles. The third-order valence-corrected chi connectivity index (χ3v) is 4.00. The molecule has 19 heavy (non-hydrogen) atoms. The molecule has 0 aliphatic rings. The molecule has 0 fully saturated rings. The molecule has 0 spiro atoms. The SMILES string of the molecule is CCNCCC(C)(C)CCc1cc(F)c(Br)cc1F. The molecule has 1 N–H and O–H groups in total. The summed E-state index contributed by atoms with van der Waals surface area (Å²) < 4.78 is 27.3. The second kappa shape index (κ2) is 7.34. The maximum atomic E-state index is 13.7. The molecule has 0 saturated carbocycles. The van der Waals surface area contributed by atoms with Gasteiger partial charge in [-0.05, 0) is 71.4 Å². The van der Waals surface area contributed by atoms with Crippen molar-refractivity contribution in [1.82, 2.24) is 5.32 Å². The molecule has 1 nitrogen and oxygen atoms in total. The van der Waals surface area contributed by atoms with Gasteiger partial charge in [-0.2, -0.15) is 0 Å². The van der Waals surface area contributed by atoms with Crippen molar-refractivity contribution in [3.63, 3.8) is 0 Å². The van der Waals surface area contributed by atoms with Crippen LogP contribution in [0.25, 0.3) is 0 Å². The average molecular weight is 334 g/mol. The van der Waals surface area contributed by atoms with Crippen LogP contribution in [-0.4, -0.2) is 13.1 Å². The van der Waals surface area contributed by atoms with Crippen molar-refractivity contribution in [1.29, 1.82) is 0 Å². The lowest BCUT2D eigenvalue weighted by molar-refractivity contribution is 0.302. The molecule has 0 bridgehead atoms. The van der Waals surface area contributed by atoms with E-state index >= 15 is 0 Å². The Morgan fingerprint density at radius 2 is 1.84 bits per heavy atom. The second-order valence-corrected chi connectivity index (χ2v) is 6.48. The number of benzene rings is 1. The number of rotatable bonds is 7. The normalized spacial score (nSPS) is 11.9. The average Bonchev–Trinajstić information content (AvgIpc) is 2.32. The molecule has 0 aromatic heterocycles. The standard InChI is InChI=1S/C15H22BrF2N/c1-4-19-8-7-15(2,3)6-5-11-9-14(18)12(16)10-13(11)17/h9-10,19H,4-8H2,1-3H3. The molecule has 1 rings (SSSR count). The Hall–Kier alpha value is -0.480. The minimum atomic E-state index is -0.401. The maximum absolute atomic E-state index is 13.7. The van der Waals surface area contributed by atoms with Crippen LogP contribution in [0.15, 0.2) is 16.6 Å². The first-order chi connectivity index (χ1) is 8.85. The summed E-state index contributed by atoms with van der Waals surface area (Å²) in [6, 6.07) is 2.50. The lowest BCUT2D eigenvalue weighted by Gasteiger charge is -2.24. The first-order valence-electron chi connectivity index (χ1n) is 6.70. The molecular weight excluding hydrogens is 312 g/mol. The van der Waals surface area contributed by atoms with E-state index in [1.165, 1.54) is 12.1 Å². The van der Waals surface area contributed by atoms with Gasteiger partial charge in [0, 0.05) is 0 Å². The Bertz CT molecular complexity index is 419. The van der Waals surface area contributed by atoms with Crippen molar-refractivity contribution in [2.45, 2.75) is 40.0 Å². The van der Waals surface area contributed by atoms with Crippen LogP contribution in [0, 0.1) is 17.0 Å². The topological polar surface area (TPSA) is 12.0 Å². The van der Waals surface area contributed by atoms with Gasteiger partial charge in [0.05, 0.1) is 4.47 Å². The van der Waals surface area contributed by atoms with Crippen molar-refractivity contribution < 1.29 is 8.78 Å². The molecule has 4 heteroatoms. The summed E-state index contributed by atoms with van der Waals surface area (Å²) in [7, 11) is 0. The lowest BCUT2D eigenvalue weighted by Crippen LogP contribution is -2.22. The Labute approximate surface area is 122 Å². The fourth-order valence-corrected chi connectivity index (χ4v) is 2.27. The summed E-state index contributed by atoms with van der Waals surface area (Å²) in [6.45, 7) is 8.32. The molecule has 0 unspecified atom stereocenters. The summed E-state index contributed by atoms with van der Waals surface area (Å²) in [5.74, 6) is -0.738. The highest BCUT2D eigenvalue weighted by Gasteiger charge is 2.18. The molecule has 0 aliphatic heterocycles. The zero-order chi connectivity index (χ0) is 14.5. The summed E-state index contributed by atoms with van der Waals surface area (Å²) in [6.07, 6.45) is 2.44. The molecule has 1 aromatic rings. The minimum Gasteiger partial charge on any atom is -0.317 e. The van der Waals surface area contributed by atoms with Gasteiger partial charge in [-0.1, -0.05) is 20.8 Å². The summed E-state index contributed by atoms with van der Waals surface area (Å²) >= 11 is 2.99. The fraction of sp³-hybridized carbons (Fsp3) is 0.600. The monoisotopic (exact) mass is 333 g/mol. The lowest BCUT2D eigenvalue weighted by atomic mass is 9.83. The van der Waals surface area contributed by atoms with E-state index in [9.17, 15) is 8.78 Å². The van der Waals surface area contributed by atoms with Crippen molar-refractivity contribution in [3.05, 3.63) is 33.8 Å². The van der Waals surface area contributed by atoms with E-state index in [0.29, 0.717) is 12.0 Å². The van der Waals surface area contributed by atoms with Crippen molar-refractivity contribution >= 4 is 15.9 Å². The highest BCUT2D eigenvalue weighted by Crippen LogP contribution is 2.28. The molecule has 108 valence electrons. The molecule has 0 radical (unpaired) electrons. The van der Waals surface area contributed by atoms with Crippen LogP contribution < -0.4 is 5.32 Å². The Morgan fingerprint density at radius 3 is 2.47 bits per heavy atom. The quantitative estimate of drug-likeness (QED) is 0.564. The number of hydrogen-bond donors (Lipinski definition) is 1. The van der Waals surface area contributed by atoms with Gasteiger partial charge in [0.15, 0.2) is 0 Å². The maximum Gasteiger partial charge on any atom is 0.137 e. The van der Waals surface area contributed by atoms with Crippen LogP contribution >= 0.6 is 15.9 Å². The van der Waals surface area contributed by atoms with Gasteiger partial charge in [-0.3, -0.25) is 0 Å². The molecule has 1 aromatic carbocycles. The van der Waals surface area contributed by atoms with E-state index in [1.807, 2.05) is 0 Å². The number of aryl methyl sites for hydroxylation is 1. The fourth-order valence-electron chi connectivity index (χ4n) is 1.96. The summed E-state index contributed by atoms with van der Waals surface area (Å²) in [4.78, 5) is 0. The van der Waals surface area contributed by atoms with Gasteiger partial charge in [0.2, 0.25) is 0 Å². The predicted octanol–water partition coefficient (Wildman–Crippen LogP) is 4.69. The zero-order valence-corrected chi connectivity index (χ0v) is 13.4.